The molecule has 0 saturated carbocycles. The molecule has 1 unspecified atom stereocenters. The Morgan fingerprint density at radius 2 is 1.81 bits per heavy atom. The quantitative estimate of drug-likeness (QED) is 0.884. The first-order valence-electron chi connectivity index (χ1n) is 9.33. The van der Waals surface area contributed by atoms with Crippen LogP contribution in [0.3, 0.4) is 0 Å². The third-order valence-electron chi connectivity index (χ3n) is 5.00. The van der Waals surface area contributed by atoms with Crippen LogP contribution in [0.5, 0.6) is 5.75 Å². The van der Waals surface area contributed by atoms with Crippen molar-refractivity contribution in [3.8, 4) is 5.75 Å². The minimum Gasteiger partial charge on any atom is -0.497 e. The van der Waals surface area contributed by atoms with Gasteiger partial charge in [-0.05, 0) is 49.6 Å². The van der Waals surface area contributed by atoms with E-state index in [-0.39, 0.29) is 17.7 Å². The maximum absolute atomic E-state index is 12.7. The van der Waals surface area contributed by atoms with Gasteiger partial charge < -0.3 is 15.0 Å². The summed E-state index contributed by atoms with van der Waals surface area (Å²) in [5, 5.41) is 3.00. The fourth-order valence-corrected chi connectivity index (χ4v) is 3.33. The van der Waals surface area contributed by atoms with Crippen LogP contribution in [-0.2, 0) is 11.3 Å². The molecule has 2 aromatic rings. The molecule has 3 rings (SSSR count). The second-order valence-electron chi connectivity index (χ2n) is 7.02. The zero-order valence-corrected chi connectivity index (χ0v) is 15.9. The van der Waals surface area contributed by atoms with E-state index in [4.69, 9.17) is 4.74 Å². The number of hydrogen-bond acceptors (Lipinski definition) is 3. The molecule has 1 fully saturated rings. The van der Waals surface area contributed by atoms with Crippen molar-refractivity contribution < 1.29 is 14.3 Å². The average Bonchev–Trinajstić information content (AvgIpc) is 2.72. The van der Waals surface area contributed by atoms with Gasteiger partial charge in [-0.25, -0.2) is 0 Å². The molecule has 2 amide bonds. The molecule has 5 heteroatoms. The molecule has 0 bridgehead atoms. The van der Waals surface area contributed by atoms with Gasteiger partial charge in [0.2, 0.25) is 5.91 Å². The Kier molecular flexibility index (Phi) is 6.12. The highest BCUT2D eigenvalue weighted by Gasteiger charge is 2.28. The number of amides is 2. The number of rotatable bonds is 5. The number of ether oxygens (including phenoxy) is 1. The summed E-state index contributed by atoms with van der Waals surface area (Å²) >= 11 is 0. The van der Waals surface area contributed by atoms with Crippen LogP contribution in [0, 0.1) is 12.8 Å². The molecule has 142 valence electrons. The molecule has 0 aromatic heterocycles. The Hall–Kier alpha value is -2.82. The zero-order valence-electron chi connectivity index (χ0n) is 15.9. The van der Waals surface area contributed by atoms with Crippen molar-refractivity contribution in [2.75, 3.05) is 20.2 Å². The van der Waals surface area contributed by atoms with Crippen molar-refractivity contribution in [1.82, 2.24) is 10.2 Å². The maximum atomic E-state index is 12.7. The molecular weight excluding hydrogens is 340 g/mol. The summed E-state index contributed by atoms with van der Waals surface area (Å²) in [4.78, 5) is 27.1. The van der Waals surface area contributed by atoms with E-state index in [2.05, 4.69) is 5.32 Å². The molecular formula is C22H26N2O3. The van der Waals surface area contributed by atoms with Crippen LogP contribution in [0.15, 0.2) is 48.5 Å². The Morgan fingerprint density at radius 3 is 2.48 bits per heavy atom. The molecule has 1 aliphatic rings. The maximum Gasteiger partial charge on any atom is 0.253 e. The van der Waals surface area contributed by atoms with Gasteiger partial charge in [-0.2, -0.15) is 0 Å². The minimum absolute atomic E-state index is 0.00246. The van der Waals surface area contributed by atoms with Crippen molar-refractivity contribution in [2.24, 2.45) is 5.92 Å². The predicted molar refractivity (Wildman–Crippen MR) is 105 cm³/mol. The van der Waals surface area contributed by atoms with Gasteiger partial charge in [0.1, 0.15) is 5.75 Å². The second kappa shape index (κ2) is 8.71. The van der Waals surface area contributed by atoms with Crippen molar-refractivity contribution in [2.45, 2.75) is 26.3 Å². The number of nitrogens with zero attached hydrogens (tertiary/aromatic N) is 1. The number of nitrogens with one attached hydrogen (secondary N) is 1. The summed E-state index contributed by atoms with van der Waals surface area (Å²) < 4.78 is 5.14. The fourth-order valence-electron chi connectivity index (χ4n) is 3.33. The molecule has 1 saturated heterocycles. The summed E-state index contributed by atoms with van der Waals surface area (Å²) in [6.07, 6.45) is 1.66. The molecule has 1 aliphatic heterocycles. The van der Waals surface area contributed by atoms with Crippen molar-refractivity contribution >= 4 is 11.8 Å². The van der Waals surface area contributed by atoms with Crippen molar-refractivity contribution in [3.63, 3.8) is 0 Å². The Labute approximate surface area is 160 Å². The minimum atomic E-state index is -0.161. The fraction of sp³-hybridized carbons (Fsp3) is 0.364. The number of benzene rings is 2. The number of carbonyl (C=O) groups is 2. The predicted octanol–water partition coefficient (Wildman–Crippen LogP) is 3.17. The first-order chi connectivity index (χ1) is 13.1. The molecule has 27 heavy (non-hydrogen) atoms. The largest absolute Gasteiger partial charge is 0.497 e. The molecule has 5 nitrogen and oxygen atoms in total. The highest BCUT2D eigenvalue weighted by molar-refractivity contribution is 5.94. The van der Waals surface area contributed by atoms with Crippen molar-refractivity contribution in [3.05, 3.63) is 65.2 Å². The van der Waals surface area contributed by atoms with Gasteiger partial charge >= 0.3 is 0 Å². The Balaban J connectivity index is 1.55. The van der Waals surface area contributed by atoms with E-state index in [1.165, 1.54) is 0 Å². The lowest BCUT2D eigenvalue weighted by atomic mass is 9.96. The number of aryl methyl sites for hydroxylation is 1. The Morgan fingerprint density at radius 1 is 1.11 bits per heavy atom. The third kappa shape index (κ3) is 4.88. The summed E-state index contributed by atoms with van der Waals surface area (Å²) in [6, 6.07) is 15.2. The van der Waals surface area contributed by atoms with E-state index in [1.54, 1.807) is 12.0 Å². The molecule has 1 atom stereocenters. The number of methoxy groups -OCH3 is 1. The molecule has 1 heterocycles. The smallest absolute Gasteiger partial charge is 0.253 e. The topological polar surface area (TPSA) is 58.6 Å². The van der Waals surface area contributed by atoms with Gasteiger partial charge in [-0.3, -0.25) is 9.59 Å². The molecule has 0 spiro atoms. The first kappa shape index (κ1) is 19.0. The lowest BCUT2D eigenvalue weighted by Gasteiger charge is -2.32. The van der Waals surface area contributed by atoms with Crippen molar-refractivity contribution in [1.29, 1.82) is 0 Å². The van der Waals surface area contributed by atoms with E-state index >= 15 is 0 Å². The van der Waals surface area contributed by atoms with Gasteiger partial charge in [0.25, 0.3) is 5.91 Å². The lowest BCUT2D eigenvalue weighted by Crippen LogP contribution is -2.45. The van der Waals surface area contributed by atoms with Crippen LogP contribution >= 0.6 is 0 Å². The van der Waals surface area contributed by atoms with E-state index < -0.39 is 0 Å². The number of likely N-dealkylation sites (tertiary alicyclic amines) is 1. The summed E-state index contributed by atoms with van der Waals surface area (Å²) in [5.41, 5.74) is 2.83. The van der Waals surface area contributed by atoms with Crippen LogP contribution in [0.2, 0.25) is 0 Å². The SMILES string of the molecule is COc1ccc(CNC(=O)C2CCCN(C(=O)c3ccc(C)cc3)C2)cc1. The lowest BCUT2D eigenvalue weighted by molar-refractivity contribution is -0.126. The number of carbonyl (C=O) groups excluding carboxylic acids is 2. The number of hydrogen-bond donors (Lipinski definition) is 1. The van der Waals surface area contributed by atoms with Crippen LogP contribution in [0.1, 0.15) is 34.3 Å². The van der Waals surface area contributed by atoms with Crippen LogP contribution in [0.25, 0.3) is 0 Å². The van der Waals surface area contributed by atoms with E-state index in [0.29, 0.717) is 25.2 Å². The van der Waals surface area contributed by atoms with Crippen LogP contribution < -0.4 is 10.1 Å². The van der Waals surface area contributed by atoms with Gasteiger partial charge in [0.05, 0.1) is 13.0 Å². The van der Waals surface area contributed by atoms with Gasteiger partial charge in [0, 0.05) is 25.2 Å². The van der Waals surface area contributed by atoms with Gasteiger partial charge in [-0.15, -0.1) is 0 Å². The van der Waals surface area contributed by atoms with E-state index in [9.17, 15) is 9.59 Å². The summed E-state index contributed by atoms with van der Waals surface area (Å²) in [5.74, 6) is 0.642. The average molecular weight is 366 g/mol. The second-order valence-corrected chi connectivity index (χ2v) is 7.02. The molecule has 0 aliphatic carbocycles. The number of piperidine rings is 1. The molecule has 2 aromatic carbocycles. The van der Waals surface area contributed by atoms with Crippen LogP contribution in [0.4, 0.5) is 0 Å². The third-order valence-corrected chi connectivity index (χ3v) is 5.00. The van der Waals surface area contributed by atoms with E-state index in [0.717, 1.165) is 29.7 Å². The Bertz CT molecular complexity index is 784. The van der Waals surface area contributed by atoms with Gasteiger partial charge in [0.15, 0.2) is 0 Å². The summed E-state index contributed by atoms with van der Waals surface area (Å²) in [7, 11) is 1.63. The normalized spacial score (nSPS) is 16.7. The summed E-state index contributed by atoms with van der Waals surface area (Å²) in [6.45, 7) is 3.65. The molecule has 1 N–H and O–H groups in total. The van der Waals surface area contributed by atoms with Crippen LogP contribution in [-0.4, -0.2) is 36.9 Å². The monoisotopic (exact) mass is 366 g/mol. The zero-order chi connectivity index (χ0) is 19.2. The van der Waals surface area contributed by atoms with Gasteiger partial charge in [-0.1, -0.05) is 29.8 Å². The van der Waals surface area contributed by atoms with E-state index in [1.807, 2.05) is 55.5 Å². The molecule has 0 radical (unpaired) electrons. The highest BCUT2D eigenvalue weighted by Crippen LogP contribution is 2.19. The highest BCUT2D eigenvalue weighted by atomic mass is 16.5. The first-order valence-corrected chi connectivity index (χ1v) is 9.33. The standard InChI is InChI=1S/C22H26N2O3/c1-16-5-9-18(10-6-16)22(26)24-13-3-4-19(15-24)21(25)23-14-17-7-11-20(27-2)12-8-17/h5-12,19H,3-4,13-15H2,1-2H3,(H,23,25).